The maximum atomic E-state index is 13.1. The Bertz CT molecular complexity index is 794. The SMILES string of the molecule is CC[C@H](C)NC(=O)[C@H]1Cc2ccccc2N2CCN(c3ccccn3)C[C@@H]12. The number of piperazine rings is 1. The molecular formula is C22H28N4O. The fraction of sp³-hybridized carbons (Fsp3) is 0.455. The van der Waals surface area contributed by atoms with Crippen molar-refractivity contribution in [2.45, 2.75) is 38.8 Å². The van der Waals surface area contributed by atoms with Gasteiger partial charge in [-0.1, -0.05) is 31.2 Å². The molecule has 3 heterocycles. The molecule has 0 aliphatic carbocycles. The molecule has 142 valence electrons. The topological polar surface area (TPSA) is 48.5 Å². The largest absolute Gasteiger partial charge is 0.364 e. The van der Waals surface area contributed by atoms with Crippen molar-refractivity contribution in [2.75, 3.05) is 29.4 Å². The fourth-order valence-corrected chi connectivity index (χ4v) is 4.26. The van der Waals surface area contributed by atoms with Gasteiger partial charge in [0.2, 0.25) is 5.91 Å². The van der Waals surface area contributed by atoms with Crippen molar-refractivity contribution in [2.24, 2.45) is 5.92 Å². The van der Waals surface area contributed by atoms with Crippen LogP contribution in [0.15, 0.2) is 48.7 Å². The van der Waals surface area contributed by atoms with Crippen LogP contribution in [0.3, 0.4) is 0 Å². The van der Waals surface area contributed by atoms with E-state index in [1.807, 2.05) is 18.3 Å². The molecule has 2 aromatic rings. The standard InChI is InChI=1S/C22H28N4O/c1-3-16(2)24-22(27)18-14-17-8-4-5-9-19(17)26-13-12-25(15-20(18)26)21-10-6-7-11-23-21/h4-11,16,18,20H,3,12-15H2,1-2H3,(H,24,27)/t16-,18-,20-/m0/s1. The van der Waals surface area contributed by atoms with Crippen molar-refractivity contribution >= 4 is 17.4 Å². The second-order valence-corrected chi connectivity index (χ2v) is 7.65. The number of benzene rings is 1. The molecule has 0 radical (unpaired) electrons. The molecule has 5 nitrogen and oxygen atoms in total. The number of carbonyl (C=O) groups excluding carboxylic acids is 1. The van der Waals surface area contributed by atoms with Gasteiger partial charge in [0.15, 0.2) is 0 Å². The number of fused-ring (bicyclic) bond motifs is 3. The molecule has 3 atom stereocenters. The van der Waals surface area contributed by atoms with Gasteiger partial charge in [0.25, 0.3) is 0 Å². The summed E-state index contributed by atoms with van der Waals surface area (Å²) in [5.41, 5.74) is 2.57. The third-order valence-electron chi connectivity index (χ3n) is 5.94. The third-order valence-corrected chi connectivity index (χ3v) is 5.94. The highest BCUT2D eigenvalue weighted by molar-refractivity contribution is 5.82. The zero-order valence-electron chi connectivity index (χ0n) is 16.1. The van der Waals surface area contributed by atoms with Crippen molar-refractivity contribution in [3.63, 3.8) is 0 Å². The van der Waals surface area contributed by atoms with Gasteiger partial charge < -0.3 is 15.1 Å². The van der Waals surface area contributed by atoms with Gasteiger partial charge in [0.1, 0.15) is 5.82 Å². The average molecular weight is 364 g/mol. The first-order chi connectivity index (χ1) is 13.2. The van der Waals surface area contributed by atoms with E-state index < -0.39 is 0 Å². The molecule has 1 amide bonds. The normalized spacial score (nSPS) is 22.6. The van der Waals surface area contributed by atoms with Crippen molar-refractivity contribution in [1.29, 1.82) is 0 Å². The van der Waals surface area contributed by atoms with E-state index in [-0.39, 0.29) is 23.9 Å². The third kappa shape index (κ3) is 3.51. The number of amides is 1. The smallest absolute Gasteiger partial charge is 0.225 e. The van der Waals surface area contributed by atoms with Gasteiger partial charge in [-0.3, -0.25) is 4.79 Å². The zero-order chi connectivity index (χ0) is 18.8. The molecule has 1 aromatic carbocycles. The highest BCUT2D eigenvalue weighted by Gasteiger charge is 2.41. The van der Waals surface area contributed by atoms with E-state index in [0.717, 1.165) is 38.3 Å². The molecule has 0 bridgehead atoms. The molecule has 1 saturated heterocycles. The summed E-state index contributed by atoms with van der Waals surface area (Å²) in [6, 6.07) is 14.9. The molecule has 1 fully saturated rings. The van der Waals surface area contributed by atoms with E-state index in [2.05, 4.69) is 64.3 Å². The Morgan fingerprint density at radius 1 is 1.22 bits per heavy atom. The van der Waals surface area contributed by atoms with Crippen LogP contribution in [0.2, 0.25) is 0 Å². The minimum atomic E-state index is -0.0413. The van der Waals surface area contributed by atoms with Gasteiger partial charge in [-0.05, 0) is 43.5 Å². The van der Waals surface area contributed by atoms with Crippen molar-refractivity contribution in [1.82, 2.24) is 10.3 Å². The van der Waals surface area contributed by atoms with Crippen LogP contribution in [0.5, 0.6) is 0 Å². The summed E-state index contributed by atoms with van der Waals surface area (Å²) in [4.78, 5) is 22.4. The van der Waals surface area contributed by atoms with E-state index in [1.54, 1.807) is 0 Å². The molecule has 27 heavy (non-hydrogen) atoms. The molecule has 1 aromatic heterocycles. The van der Waals surface area contributed by atoms with E-state index in [1.165, 1.54) is 11.3 Å². The van der Waals surface area contributed by atoms with Crippen LogP contribution in [0.4, 0.5) is 11.5 Å². The maximum Gasteiger partial charge on any atom is 0.225 e. The van der Waals surface area contributed by atoms with Crippen LogP contribution in [0.1, 0.15) is 25.8 Å². The summed E-state index contributed by atoms with van der Waals surface area (Å²) in [5.74, 6) is 1.13. The summed E-state index contributed by atoms with van der Waals surface area (Å²) >= 11 is 0. The summed E-state index contributed by atoms with van der Waals surface area (Å²) in [7, 11) is 0. The number of para-hydroxylation sites is 1. The van der Waals surface area contributed by atoms with Crippen LogP contribution in [-0.2, 0) is 11.2 Å². The Hall–Kier alpha value is -2.56. The first-order valence-corrected chi connectivity index (χ1v) is 9.98. The van der Waals surface area contributed by atoms with Gasteiger partial charge in [-0.15, -0.1) is 0 Å². The van der Waals surface area contributed by atoms with Crippen LogP contribution in [0, 0.1) is 5.92 Å². The lowest BCUT2D eigenvalue weighted by molar-refractivity contribution is -0.126. The van der Waals surface area contributed by atoms with Crippen LogP contribution in [-0.4, -0.2) is 42.6 Å². The minimum absolute atomic E-state index is 0.0413. The van der Waals surface area contributed by atoms with Crippen LogP contribution >= 0.6 is 0 Å². The number of aromatic nitrogens is 1. The molecule has 2 aliphatic heterocycles. The molecular weight excluding hydrogens is 336 g/mol. The first kappa shape index (κ1) is 17.8. The van der Waals surface area contributed by atoms with Crippen molar-refractivity contribution in [3.05, 3.63) is 54.2 Å². The summed E-state index contributed by atoms with van der Waals surface area (Å²) in [6.45, 7) is 6.83. The van der Waals surface area contributed by atoms with Gasteiger partial charge in [-0.25, -0.2) is 4.98 Å². The highest BCUT2D eigenvalue weighted by Crippen LogP contribution is 2.36. The lowest BCUT2D eigenvalue weighted by atomic mass is 9.83. The molecule has 1 N–H and O–H groups in total. The Labute approximate surface area is 161 Å². The zero-order valence-corrected chi connectivity index (χ0v) is 16.1. The number of anilines is 2. The molecule has 0 spiro atoms. The average Bonchev–Trinajstić information content (AvgIpc) is 2.73. The Kier molecular flexibility index (Phi) is 5.01. The number of carbonyl (C=O) groups is 1. The number of hydrogen-bond acceptors (Lipinski definition) is 4. The molecule has 0 saturated carbocycles. The Morgan fingerprint density at radius 2 is 2.04 bits per heavy atom. The predicted octanol–water partition coefficient (Wildman–Crippen LogP) is 2.86. The molecule has 5 heteroatoms. The Morgan fingerprint density at radius 3 is 2.81 bits per heavy atom. The van der Waals surface area contributed by atoms with Gasteiger partial charge >= 0.3 is 0 Å². The van der Waals surface area contributed by atoms with Gasteiger partial charge in [-0.2, -0.15) is 0 Å². The number of nitrogens with one attached hydrogen (secondary N) is 1. The van der Waals surface area contributed by atoms with Crippen LogP contribution in [0.25, 0.3) is 0 Å². The molecule has 2 aliphatic rings. The Balaban J connectivity index is 1.63. The number of rotatable bonds is 4. The van der Waals surface area contributed by atoms with Gasteiger partial charge in [0, 0.05) is 37.6 Å². The number of hydrogen-bond donors (Lipinski definition) is 1. The van der Waals surface area contributed by atoms with Crippen molar-refractivity contribution in [3.8, 4) is 0 Å². The highest BCUT2D eigenvalue weighted by atomic mass is 16.2. The minimum Gasteiger partial charge on any atom is -0.364 e. The quantitative estimate of drug-likeness (QED) is 0.906. The van der Waals surface area contributed by atoms with E-state index >= 15 is 0 Å². The lowest BCUT2D eigenvalue weighted by Crippen LogP contribution is -2.61. The second-order valence-electron chi connectivity index (χ2n) is 7.65. The fourth-order valence-electron chi connectivity index (χ4n) is 4.26. The van der Waals surface area contributed by atoms with Crippen LogP contribution < -0.4 is 15.1 Å². The van der Waals surface area contributed by atoms with Crippen molar-refractivity contribution < 1.29 is 4.79 Å². The van der Waals surface area contributed by atoms with E-state index in [9.17, 15) is 4.79 Å². The number of nitrogens with zero attached hydrogens (tertiary/aromatic N) is 3. The molecule has 4 rings (SSSR count). The summed E-state index contributed by atoms with van der Waals surface area (Å²) in [6.07, 6.45) is 3.59. The molecule has 0 unspecified atom stereocenters. The first-order valence-electron chi connectivity index (χ1n) is 9.98. The predicted molar refractivity (Wildman–Crippen MR) is 109 cm³/mol. The van der Waals surface area contributed by atoms with Gasteiger partial charge in [0.05, 0.1) is 12.0 Å². The monoisotopic (exact) mass is 364 g/mol. The summed E-state index contributed by atoms with van der Waals surface area (Å²) in [5, 5.41) is 3.22. The lowest BCUT2D eigenvalue weighted by Gasteiger charge is -2.49. The summed E-state index contributed by atoms with van der Waals surface area (Å²) < 4.78 is 0. The maximum absolute atomic E-state index is 13.1. The van der Waals surface area contributed by atoms with E-state index in [4.69, 9.17) is 0 Å². The number of pyridine rings is 1. The second kappa shape index (κ2) is 7.59. The van der Waals surface area contributed by atoms with E-state index in [0.29, 0.717) is 0 Å².